The Morgan fingerprint density at radius 3 is 1.83 bits per heavy atom. The molecular formula is C14H32O3Si. The van der Waals surface area contributed by atoms with Gasteiger partial charge >= 0.3 is 0 Å². The van der Waals surface area contributed by atoms with Crippen molar-refractivity contribution in [2.75, 3.05) is 27.6 Å². The van der Waals surface area contributed by atoms with E-state index in [0.29, 0.717) is 6.79 Å². The van der Waals surface area contributed by atoms with E-state index < -0.39 is 0 Å². The predicted molar refractivity (Wildman–Crippen MR) is 79.7 cm³/mol. The van der Waals surface area contributed by atoms with Gasteiger partial charge in [-0.2, -0.15) is 0 Å². The van der Waals surface area contributed by atoms with Gasteiger partial charge in [-0.25, -0.2) is 0 Å². The van der Waals surface area contributed by atoms with E-state index in [1.165, 1.54) is 63.8 Å². The Kier molecular flexibility index (Phi) is 17.2. The molecule has 0 aromatic heterocycles. The van der Waals surface area contributed by atoms with E-state index in [1.807, 2.05) is 7.11 Å². The van der Waals surface area contributed by atoms with Crippen LogP contribution in [-0.2, 0) is 13.9 Å². The smallest absolute Gasteiger partial charge is 0.161 e. The molecule has 0 unspecified atom stereocenters. The van der Waals surface area contributed by atoms with Crippen molar-refractivity contribution in [2.45, 2.75) is 63.8 Å². The highest BCUT2D eigenvalue weighted by Crippen LogP contribution is 2.10. The van der Waals surface area contributed by atoms with Crippen molar-refractivity contribution < 1.29 is 13.9 Å². The summed E-state index contributed by atoms with van der Waals surface area (Å²) >= 11 is 0. The Hall–Kier alpha value is 0.0969. The standard InChI is InChI=1S/C14H32O3Si/c1-15-14-17-12-10-8-6-4-3-5-7-9-11-13-18-16-2/h3-14,18H2,1-2H3. The normalized spacial score (nSPS) is 11.7. The summed E-state index contributed by atoms with van der Waals surface area (Å²) in [6.45, 7) is 1.28. The van der Waals surface area contributed by atoms with Crippen molar-refractivity contribution in [3.8, 4) is 0 Å². The van der Waals surface area contributed by atoms with Crippen LogP contribution in [0.4, 0.5) is 0 Å². The van der Waals surface area contributed by atoms with Gasteiger partial charge in [0.15, 0.2) is 9.76 Å². The third kappa shape index (κ3) is 16.1. The molecule has 0 saturated heterocycles. The van der Waals surface area contributed by atoms with Crippen molar-refractivity contribution in [3.05, 3.63) is 0 Å². The molecule has 0 heterocycles. The monoisotopic (exact) mass is 276 g/mol. The number of rotatable bonds is 15. The first-order valence-electron chi connectivity index (χ1n) is 7.47. The average molecular weight is 276 g/mol. The first-order valence-corrected chi connectivity index (χ1v) is 9.05. The van der Waals surface area contributed by atoms with Gasteiger partial charge in [0.2, 0.25) is 0 Å². The third-order valence-electron chi connectivity index (χ3n) is 3.09. The van der Waals surface area contributed by atoms with Gasteiger partial charge in [-0.15, -0.1) is 0 Å². The number of hydrogen-bond acceptors (Lipinski definition) is 3. The Labute approximate surface area is 116 Å². The van der Waals surface area contributed by atoms with Crippen LogP contribution in [0.5, 0.6) is 0 Å². The van der Waals surface area contributed by atoms with E-state index in [4.69, 9.17) is 13.9 Å². The zero-order chi connectivity index (χ0) is 13.3. The van der Waals surface area contributed by atoms with Gasteiger partial charge in [0.05, 0.1) is 0 Å². The largest absolute Gasteiger partial charge is 0.427 e. The lowest BCUT2D eigenvalue weighted by atomic mass is 10.1. The number of methoxy groups -OCH3 is 1. The summed E-state index contributed by atoms with van der Waals surface area (Å²) < 4.78 is 15.2. The molecule has 0 atom stereocenters. The Balaban J connectivity index is 2.86. The maximum Gasteiger partial charge on any atom is 0.161 e. The quantitative estimate of drug-likeness (QED) is 0.261. The molecule has 0 aromatic rings. The summed E-state index contributed by atoms with van der Waals surface area (Å²) in [7, 11) is 3.34. The summed E-state index contributed by atoms with van der Waals surface area (Å²) in [5, 5.41) is 0. The molecule has 0 N–H and O–H groups in total. The predicted octanol–water partition coefficient (Wildman–Crippen LogP) is 3.27. The van der Waals surface area contributed by atoms with Gasteiger partial charge in [0.1, 0.15) is 6.79 Å². The van der Waals surface area contributed by atoms with Crippen LogP contribution in [0.3, 0.4) is 0 Å². The molecule has 0 aliphatic carbocycles. The van der Waals surface area contributed by atoms with E-state index in [0.717, 1.165) is 6.61 Å². The highest BCUT2D eigenvalue weighted by molar-refractivity contribution is 6.26. The fraction of sp³-hybridized carbons (Fsp3) is 1.00. The van der Waals surface area contributed by atoms with E-state index >= 15 is 0 Å². The minimum Gasteiger partial charge on any atom is -0.427 e. The first-order chi connectivity index (χ1) is 8.91. The molecular weight excluding hydrogens is 244 g/mol. The van der Waals surface area contributed by atoms with Gasteiger partial charge in [0.25, 0.3) is 0 Å². The first kappa shape index (κ1) is 18.1. The second-order valence-corrected chi connectivity index (χ2v) is 6.54. The summed E-state index contributed by atoms with van der Waals surface area (Å²) in [4.78, 5) is 0. The van der Waals surface area contributed by atoms with Crippen molar-refractivity contribution in [3.63, 3.8) is 0 Å². The van der Waals surface area contributed by atoms with Gasteiger partial charge in [-0.05, 0) is 12.5 Å². The average Bonchev–Trinajstić information content (AvgIpc) is 2.39. The van der Waals surface area contributed by atoms with Crippen LogP contribution in [-0.4, -0.2) is 37.4 Å². The zero-order valence-corrected chi connectivity index (χ0v) is 13.8. The molecule has 3 nitrogen and oxygen atoms in total. The second kappa shape index (κ2) is 17.1. The maximum atomic E-state index is 5.25. The van der Waals surface area contributed by atoms with E-state index in [9.17, 15) is 0 Å². The van der Waals surface area contributed by atoms with Gasteiger partial charge in [-0.1, -0.05) is 51.4 Å². The fourth-order valence-corrected chi connectivity index (χ4v) is 2.85. The van der Waals surface area contributed by atoms with E-state index in [-0.39, 0.29) is 9.76 Å². The van der Waals surface area contributed by atoms with Crippen molar-refractivity contribution in [2.24, 2.45) is 0 Å². The summed E-state index contributed by atoms with van der Waals surface area (Å²) in [6, 6.07) is 1.36. The summed E-state index contributed by atoms with van der Waals surface area (Å²) in [5.41, 5.74) is 0. The van der Waals surface area contributed by atoms with Crippen LogP contribution in [0.2, 0.25) is 6.04 Å². The van der Waals surface area contributed by atoms with Crippen molar-refractivity contribution >= 4 is 9.76 Å². The molecule has 110 valence electrons. The highest BCUT2D eigenvalue weighted by Gasteiger charge is 1.93. The Bertz CT molecular complexity index is 129. The molecule has 0 aliphatic rings. The molecule has 0 aromatic carbocycles. The fourth-order valence-electron chi connectivity index (χ4n) is 2.01. The van der Waals surface area contributed by atoms with Crippen LogP contribution >= 0.6 is 0 Å². The summed E-state index contributed by atoms with van der Waals surface area (Å²) in [5.74, 6) is 0. The topological polar surface area (TPSA) is 27.7 Å². The molecule has 0 radical (unpaired) electrons. The van der Waals surface area contributed by atoms with Crippen LogP contribution in [0, 0.1) is 0 Å². The number of hydrogen-bond donors (Lipinski definition) is 0. The minimum atomic E-state index is -0.159. The summed E-state index contributed by atoms with van der Waals surface area (Å²) in [6.07, 6.45) is 12.2. The third-order valence-corrected chi connectivity index (χ3v) is 4.29. The molecule has 0 bridgehead atoms. The van der Waals surface area contributed by atoms with E-state index in [1.54, 1.807) is 7.11 Å². The highest BCUT2D eigenvalue weighted by atomic mass is 28.2. The number of ether oxygens (including phenoxy) is 2. The van der Waals surface area contributed by atoms with E-state index in [2.05, 4.69) is 0 Å². The van der Waals surface area contributed by atoms with Gasteiger partial charge < -0.3 is 13.9 Å². The van der Waals surface area contributed by atoms with Crippen LogP contribution in [0.15, 0.2) is 0 Å². The molecule has 0 fully saturated rings. The molecule has 4 heteroatoms. The Morgan fingerprint density at radius 1 is 0.722 bits per heavy atom. The second-order valence-electron chi connectivity index (χ2n) is 4.84. The van der Waals surface area contributed by atoms with Crippen LogP contribution in [0.1, 0.15) is 57.8 Å². The molecule has 0 aliphatic heterocycles. The van der Waals surface area contributed by atoms with Crippen LogP contribution in [0.25, 0.3) is 0 Å². The minimum absolute atomic E-state index is 0.159. The van der Waals surface area contributed by atoms with Crippen LogP contribution < -0.4 is 0 Å². The molecule has 0 saturated carbocycles. The van der Waals surface area contributed by atoms with Gasteiger partial charge in [-0.3, -0.25) is 0 Å². The van der Waals surface area contributed by atoms with Crippen molar-refractivity contribution in [1.29, 1.82) is 0 Å². The molecule has 18 heavy (non-hydrogen) atoms. The lowest BCUT2D eigenvalue weighted by Gasteiger charge is -2.03. The SMILES string of the molecule is COCOCCCCCCCCCCC[SiH2]OC. The maximum absolute atomic E-state index is 5.25. The van der Waals surface area contributed by atoms with Gasteiger partial charge in [0, 0.05) is 20.8 Å². The zero-order valence-electron chi connectivity index (χ0n) is 12.4. The number of unbranched alkanes of at least 4 members (excludes halogenated alkanes) is 8. The Morgan fingerprint density at radius 2 is 1.28 bits per heavy atom. The molecule has 0 spiro atoms. The molecule has 0 amide bonds. The van der Waals surface area contributed by atoms with Crippen molar-refractivity contribution in [1.82, 2.24) is 0 Å². The lowest BCUT2D eigenvalue weighted by molar-refractivity contribution is -0.0315. The molecule has 0 rings (SSSR count). The lowest BCUT2D eigenvalue weighted by Crippen LogP contribution is -1.98.